The van der Waals surface area contributed by atoms with Crippen LogP contribution in [-0.2, 0) is 11.2 Å². The predicted octanol–water partition coefficient (Wildman–Crippen LogP) is 3.47. The van der Waals surface area contributed by atoms with E-state index in [2.05, 4.69) is 5.32 Å². The SMILES string of the molecule is O=C(CCc1ccccc1)NCCOc1ccc(Cl)cc1. The van der Waals surface area contributed by atoms with Gasteiger partial charge in [0.15, 0.2) is 0 Å². The molecule has 3 nitrogen and oxygen atoms in total. The largest absolute Gasteiger partial charge is 0.492 e. The number of amides is 1. The van der Waals surface area contributed by atoms with Crippen LogP contribution in [0.1, 0.15) is 12.0 Å². The zero-order valence-corrected chi connectivity index (χ0v) is 12.5. The first-order valence-electron chi connectivity index (χ1n) is 6.93. The molecule has 0 radical (unpaired) electrons. The van der Waals surface area contributed by atoms with Crippen LogP contribution in [0.2, 0.25) is 5.02 Å². The summed E-state index contributed by atoms with van der Waals surface area (Å²) < 4.78 is 5.50. The van der Waals surface area contributed by atoms with Gasteiger partial charge < -0.3 is 10.1 Å². The molecule has 0 unspecified atom stereocenters. The first kappa shape index (κ1) is 15.4. The Morgan fingerprint density at radius 2 is 1.76 bits per heavy atom. The molecule has 1 N–H and O–H groups in total. The summed E-state index contributed by atoms with van der Waals surface area (Å²) in [7, 11) is 0. The van der Waals surface area contributed by atoms with E-state index in [1.165, 1.54) is 5.56 Å². The van der Waals surface area contributed by atoms with Crippen molar-refractivity contribution in [1.82, 2.24) is 5.32 Å². The second-order valence-electron chi connectivity index (χ2n) is 4.64. The van der Waals surface area contributed by atoms with Crippen LogP contribution in [0.3, 0.4) is 0 Å². The average molecular weight is 304 g/mol. The highest BCUT2D eigenvalue weighted by Crippen LogP contribution is 2.15. The quantitative estimate of drug-likeness (QED) is 0.795. The summed E-state index contributed by atoms with van der Waals surface area (Å²) in [5.41, 5.74) is 1.17. The summed E-state index contributed by atoms with van der Waals surface area (Å²) in [4.78, 5) is 11.7. The number of nitrogens with one attached hydrogen (secondary N) is 1. The Bertz CT molecular complexity index is 555. The number of carbonyl (C=O) groups is 1. The van der Waals surface area contributed by atoms with Gasteiger partial charge in [-0.15, -0.1) is 0 Å². The fourth-order valence-electron chi connectivity index (χ4n) is 1.88. The second kappa shape index (κ2) is 8.32. The van der Waals surface area contributed by atoms with Crippen molar-refractivity contribution in [3.05, 3.63) is 65.2 Å². The number of halogens is 1. The number of hydrogen-bond acceptors (Lipinski definition) is 2. The van der Waals surface area contributed by atoms with Gasteiger partial charge in [0.05, 0.1) is 6.54 Å². The zero-order chi connectivity index (χ0) is 14.9. The minimum atomic E-state index is 0.0403. The first-order chi connectivity index (χ1) is 10.2. The van der Waals surface area contributed by atoms with Crippen LogP contribution >= 0.6 is 11.6 Å². The van der Waals surface area contributed by atoms with Gasteiger partial charge in [-0.25, -0.2) is 0 Å². The molecule has 0 fully saturated rings. The minimum Gasteiger partial charge on any atom is -0.492 e. The maximum atomic E-state index is 11.7. The lowest BCUT2D eigenvalue weighted by atomic mass is 10.1. The van der Waals surface area contributed by atoms with Crippen LogP contribution in [0.4, 0.5) is 0 Å². The Balaban J connectivity index is 1.60. The maximum absolute atomic E-state index is 11.7. The van der Waals surface area contributed by atoms with Gasteiger partial charge in [-0.3, -0.25) is 4.79 Å². The van der Waals surface area contributed by atoms with E-state index in [4.69, 9.17) is 16.3 Å². The smallest absolute Gasteiger partial charge is 0.220 e. The van der Waals surface area contributed by atoms with Crippen molar-refractivity contribution in [2.24, 2.45) is 0 Å². The highest BCUT2D eigenvalue weighted by molar-refractivity contribution is 6.30. The number of ether oxygens (including phenoxy) is 1. The summed E-state index contributed by atoms with van der Waals surface area (Å²) in [6, 6.07) is 17.1. The number of aryl methyl sites for hydroxylation is 1. The Hall–Kier alpha value is -2.00. The Kier molecular flexibility index (Phi) is 6.10. The van der Waals surface area contributed by atoms with Crippen molar-refractivity contribution in [2.45, 2.75) is 12.8 Å². The van der Waals surface area contributed by atoms with Gasteiger partial charge in [-0.1, -0.05) is 41.9 Å². The third-order valence-electron chi connectivity index (χ3n) is 2.99. The molecule has 0 saturated carbocycles. The van der Waals surface area contributed by atoms with E-state index in [0.717, 1.165) is 12.2 Å². The van der Waals surface area contributed by atoms with Gasteiger partial charge in [0.2, 0.25) is 5.91 Å². The van der Waals surface area contributed by atoms with Crippen molar-refractivity contribution in [2.75, 3.05) is 13.2 Å². The third kappa shape index (κ3) is 5.88. The van der Waals surface area contributed by atoms with Crippen LogP contribution in [0.25, 0.3) is 0 Å². The van der Waals surface area contributed by atoms with Gasteiger partial charge in [0.25, 0.3) is 0 Å². The summed E-state index contributed by atoms with van der Waals surface area (Å²) >= 11 is 5.79. The predicted molar refractivity (Wildman–Crippen MR) is 84.7 cm³/mol. The average Bonchev–Trinajstić information content (AvgIpc) is 2.52. The number of carbonyl (C=O) groups excluding carboxylic acids is 1. The normalized spacial score (nSPS) is 10.1. The maximum Gasteiger partial charge on any atom is 0.220 e. The number of rotatable bonds is 7. The molecule has 0 saturated heterocycles. The molecular weight excluding hydrogens is 286 g/mol. The molecule has 110 valence electrons. The zero-order valence-electron chi connectivity index (χ0n) is 11.7. The molecule has 0 aliphatic carbocycles. The monoisotopic (exact) mass is 303 g/mol. The molecule has 2 rings (SSSR count). The molecule has 0 aromatic heterocycles. The molecule has 2 aromatic carbocycles. The molecule has 21 heavy (non-hydrogen) atoms. The van der Waals surface area contributed by atoms with E-state index >= 15 is 0 Å². The van der Waals surface area contributed by atoms with Gasteiger partial charge in [-0.05, 0) is 36.2 Å². The van der Waals surface area contributed by atoms with E-state index in [-0.39, 0.29) is 5.91 Å². The van der Waals surface area contributed by atoms with E-state index in [0.29, 0.717) is 24.6 Å². The van der Waals surface area contributed by atoms with Crippen molar-refractivity contribution in [1.29, 1.82) is 0 Å². The lowest BCUT2D eigenvalue weighted by molar-refractivity contribution is -0.121. The van der Waals surface area contributed by atoms with Crippen molar-refractivity contribution in [3.8, 4) is 5.75 Å². The van der Waals surface area contributed by atoms with E-state index in [1.807, 2.05) is 30.3 Å². The van der Waals surface area contributed by atoms with E-state index in [1.54, 1.807) is 24.3 Å². The highest BCUT2D eigenvalue weighted by Gasteiger charge is 2.01. The van der Waals surface area contributed by atoms with Crippen LogP contribution < -0.4 is 10.1 Å². The van der Waals surface area contributed by atoms with E-state index < -0.39 is 0 Å². The summed E-state index contributed by atoms with van der Waals surface area (Å²) in [5.74, 6) is 0.788. The van der Waals surface area contributed by atoms with Crippen LogP contribution in [0, 0.1) is 0 Å². The van der Waals surface area contributed by atoms with Crippen molar-refractivity contribution >= 4 is 17.5 Å². The molecule has 0 heterocycles. The third-order valence-corrected chi connectivity index (χ3v) is 3.24. The molecule has 0 spiro atoms. The molecular formula is C17H18ClNO2. The summed E-state index contributed by atoms with van der Waals surface area (Å²) in [5, 5.41) is 3.52. The molecule has 4 heteroatoms. The summed E-state index contributed by atoms with van der Waals surface area (Å²) in [6.45, 7) is 0.939. The van der Waals surface area contributed by atoms with Gasteiger partial charge in [-0.2, -0.15) is 0 Å². The standard InChI is InChI=1S/C17H18ClNO2/c18-15-7-9-16(10-8-15)21-13-12-19-17(20)11-6-14-4-2-1-3-5-14/h1-5,7-10H,6,11-13H2,(H,19,20). The Morgan fingerprint density at radius 1 is 1.05 bits per heavy atom. The highest BCUT2D eigenvalue weighted by atomic mass is 35.5. The van der Waals surface area contributed by atoms with Crippen molar-refractivity contribution < 1.29 is 9.53 Å². The molecule has 0 atom stereocenters. The van der Waals surface area contributed by atoms with Crippen LogP contribution in [0.5, 0.6) is 5.75 Å². The lowest BCUT2D eigenvalue weighted by Gasteiger charge is -2.08. The van der Waals surface area contributed by atoms with Crippen molar-refractivity contribution in [3.63, 3.8) is 0 Å². The topological polar surface area (TPSA) is 38.3 Å². The number of benzene rings is 2. The van der Waals surface area contributed by atoms with Crippen LogP contribution in [0.15, 0.2) is 54.6 Å². The first-order valence-corrected chi connectivity index (χ1v) is 7.31. The van der Waals surface area contributed by atoms with Gasteiger partial charge in [0.1, 0.15) is 12.4 Å². The fourth-order valence-corrected chi connectivity index (χ4v) is 2.01. The second-order valence-corrected chi connectivity index (χ2v) is 5.07. The Labute approximate surface area is 129 Å². The summed E-state index contributed by atoms with van der Waals surface area (Å²) in [6.07, 6.45) is 1.25. The fraction of sp³-hybridized carbons (Fsp3) is 0.235. The Morgan fingerprint density at radius 3 is 2.48 bits per heavy atom. The van der Waals surface area contributed by atoms with Gasteiger partial charge in [0, 0.05) is 11.4 Å². The minimum absolute atomic E-state index is 0.0403. The van der Waals surface area contributed by atoms with E-state index in [9.17, 15) is 4.79 Å². The molecule has 0 aliphatic heterocycles. The molecule has 0 aliphatic rings. The number of hydrogen-bond donors (Lipinski definition) is 1. The molecule has 0 bridgehead atoms. The molecule has 1 amide bonds. The molecule has 2 aromatic rings. The van der Waals surface area contributed by atoms with Gasteiger partial charge >= 0.3 is 0 Å². The lowest BCUT2D eigenvalue weighted by Crippen LogP contribution is -2.28. The van der Waals surface area contributed by atoms with Crippen LogP contribution in [-0.4, -0.2) is 19.1 Å².